The molecular formula is C22H31F3N2O3. The van der Waals surface area contributed by atoms with Gasteiger partial charge in [-0.05, 0) is 44.4 Å². The molecule has 8 heteroatoms. The fraction of sp³-hybridized carbons (Fsp3) is 0.682. The number of carbonyl (C=O) groups excluding carboxylic acids is 1. The van der Waals surface area contributed by atoms with Crippen LogP contribution >= 0.6 is 0 Å². The molecule has 1 saturated carbocycles. The Morgan fingerprint density at radius 2 is 1.73 bits per heavy atom. The smallest absolute Gasteiger partial charge is 0.406 e. The van der Waals surface area contributed by atoms with Crippen molar-refractivity contribution < 1.29 is 27.8 Å². The minimum atomic E-state index is -4.81. The van der Waals surface area contributed by atoms with Crippen molar-refractivity contribution in [3.8, 4) is 5.75 Å². The molecule has 1 heterocycles. The van der Waals surface area contributed by atoms with Crippen LogP contribution in [-0.4, -0.2) is 65.0 Å². The molecule has 0 bridgehead atoms. The van der Waals surface area contributed by atoms with Crippen molar-refractivity contribution in [2.24, 2.45) is 0 Å². The van der Waals surface area contributed by atoms with Gasteiger partial charge in [-0.3, -0.25) is 9.69 Å². The summed E-state index contributed by atoms with van der Waals surface area (Å²) in [6, 6.07) is 5.90. The maximum Gasteiger partial charge on any atom is 0.573 e. The molecule has 2 aliphatic rings. The zero-order chi connectivity index (χ0) is 21.9. The molecule has 1 saturated heterocycles. The number of rotatable bonds is 5. The van der Waals surface area contributed by atoms with Crippen LogP contribution in [0.25, 0.3) is 0 Å². The second kappa shape index (κ2) is 9.14. The van der Waals surface area contributed by atoms with E-state index >= 15 is 0 Å². The van der Waals surface area contributed by atoms with E-state index in [1.54, 1.807) is 11.0 Å². The Morgan fingerprint density at radius 3 is 2.30 bits per heavy atom. The van der Waals surface area contributed by atoms with Crippen LogP contribution in [0.5, 0.6) is 5.75 Å². The Morgan fingerprint density at radius 1 is 1.10 bits per heavy atom. The molecule has 0 radical (unpaired) electrons. The van der Waals surface area contributed by atoms with Crippen LogP contribution in [0.4, 0.5) is 13.2 Å². The molecule has 30 heavy (non-hydrogen) atoms. The highest BCUT2D eigenvalue weighted by Crippen LogP contribution is 2.42. The Labute approximate surface area is 175 Å². The van der Waals surface area contributed by atoms with Crippen LogP contribution in [0.1, 0.15) is 57.4 Å². The predicted molar refractivity (Wildman–Crippen MR) is 107 cm³/mol. The number of carbonyl (C=O) groups is 1. The van der Waals surface area contributed by atoms with Crippen LogP contribution in [0.3, 0.4) is 0 Å². The number of piperazine rings is 1. The Hall–Kier alpha value is -1.80. The summed E-state index contributed by atoms with van der Waals surface area (Å²) in [5.74, 6) is -1.49. The van der Waals surface area contributed by atoms with Gasteiger partial charge in [-0.15, -0.1) is 13.2 Å². The molecule has 1 atom stereocenters. The first kappa shape index (κ1) is 22.9. The van der Waals surface area contributed by atoms with Crippen LogP contribution in [0, 0.1) is 0 Å². The largest absolute Gasteiger partial charge is 0.573 e. The van der Waals surface area contributed by atoms with Crippen molar-refractivity contribution in [3.63, 3.8) is 0 Å². The van der Waals surface area contributed by atoms with Gasteiger partial charge in [-0.2, -0.15) is 0 Å². The highest BCUT2D eigenvalue weighted by atomic mass is 19.4. The fourth-order valence-corrected chi connectivity index (χ4v) is 4.67. The topological polar surface area (TPSA) is 53.0 Å². The zero-order valence-corrected chi connectivity index (χ0v) is 17.6. The van der Waals surface area contributed by atoms with Gasteiger partial charge in [0, 0.05) is 32.2 Å². The molecule has 168 valence electrons. The maximum absolute atomic E-state index is 13.6. The van der Waals surface area contributed by atoms with Crippen molar-refractivity contribution in [1.29, 1.82) is 0 Å². The molecular weight excluding hydrogens is 397 g/mol. The first-order chi connectivity index (χ1) is 14.1. The highest BCUT2D eigenvalue weighted by molar-refractivity contribution is 5.85. The minimum Gasteiger partial charge on any atom is -0.406 e. The summed E-state index contributed by atoms with van der Waals surface area (Å²) in [6.07, 6.45) is -1.33. The molecule has 1 aliphatic heterocycles. The van der Waals surface area contributed by atoms with Gasteiger partial charge in [0.25, 0.3) is 0 Å². The molecule has 5 nitrogen and oxygen atoms in total. The predicted octanol–water partition coefficient (Wildman–Crippen LogP) is 3.92. The van der Waals surface area contributed by atoms with E-state index in [4.69, 9.17) is 0 Å². The second-order valence-electron chi connectivity index (χ2n) is 8.67. The normalized spacial score (nSPS) is 21.5. The number of halogens is 3. The zero-order valence-electron chi connectivity index (χ0n) is 17.6. The summed E-state index contributed by atoms with van der Waals surface area (Å²) in [6.45, 7) is 6.79. The molecule has 3 rings (SSSR count). The van der Waals surface area contributed by atoms with Gasteiger partial charge >= 0.3 is 6.36 Å². The summed E-state index contributed by atoms with van der Waals surface area (Å²) in [7, 11) is 0. The van der Waals surface area contributed by atoms with Gasteiger partial charge in [-0.1, -0.05) is 31.4 Å². The SMILES string of the molecule is CC(C)N1CCN(C(=O)[C@H](c2cccc(OC(F)(F)F)c2)C2(O)CCCCC2)CC1. The van der Waals surface area contributed by atoms with Gasteiger partial charge in [0.15, 0.2) is 0 Å². The minimum absolute atomic E-state index is 0.216. The van der Waals surface area contributed by atoms with Gasteiger partial charge in [0.2, 0.25) is 5.91 Å². The van der Waals surface area contributed by atoms with Gasteiger partial charge < -0.3 is 14.7 Å². The lowest BCUT2D eigenvalue weighted by Gasteiger charge is -2.43. The number of aliphatic hydroxyl groups is 1. The van der Waals surface area contributed by atoms with E-state index in [1.807, 2.05) is 0 Å². The van der Waals surface area contributed by atoms with E-state index in [0.29, 0.717) is 37.5 Å². The van der Waals surface area contributed by atoms with Gasteiger partial charge in [0.05, 0.1) is 11.5 Å². The number of alkyl halides is 3. The highest BCUT2D eigenvalue weighted by Gasteiger charge is 2.45. The molecule has 0 unspecified atom stereocenters. The number of hydrogen-bond donors (Lipinski definition) is 1. The molecule has 1 N–H and O–H groups in total. The molecule has 2 fully saturated rings. The van der Waals surface area contributed by atoms with Crippen molar-refractivity contribution in [2.45, 2.75) is 69.9 Å². The summed E-state index contributed by atoms with van der Waals surface area (Å²) < 4.78 is 42.2. The fourth-order valence-electron chi connectivity index (χ4n) is 4.67. The quantitative estimate of drug-likeness (QED) is 0.773. The van der Waals surface area contributed by atoms with Crippen LogP contribution in [0.15, 0.2) is 24.3 Å². The van der Waals surface area contributed by atoms with E-state index in [2.05, 4.69) is 23.5 Å². The second-order valence-corrected chi connectivity index (χ2v) is 8.67. The average molecular weight is 428 g/mol. The van der Waals surface area contributed by atoms with Gasteiger partial charge in [-0.25, -0.2) is 0 Å². The maximum atomic E-state index is 13.6. The average Bonchev–Trinajstić information content (AvgIpc) is 2.67. The van der Waals surface area contributed by atoms with Crippen LogP contribution < -0.4 is 4.74 Å². The third-order valence-corrected chi connectivity index (χ3v) is 6.28. The Balaban J connectivity index is 1.88. The van der Waals surface area contributed by atoms with Crippen molar-refractivity contribution in [1.82, 2.24) is 9.80 Å². The summed E-state index contributed by atoms with van der Waals surface area (Å²) in [5.41, 5.74) is -0.890. The first-order valence-corrected chi connectivity index (χ1v) is 10.7. The number of ether oxygens (including phenoxy) is 1. The van der Waals surface area contributed by atoms with Crippen molar-refractivity contribution in [3.05, 3.63) is 29.8 Å². The number of benzene rings is 1. The Bertz CT molecular complexity index is 725. The lowest BCUT2D eigenvalue weighted by atomic mass is 9.72. The van der Waals surface area contributed by atoms with Crippen molar-refractivity contribution in [2.75, 3.05) is 26.2 Å². The first-order valence-electron chi connectivity index (χ1n) is 10.7. The third-order valence-electron chi connectivity index (χ3n) is 6.28. The van der Waals surface area contributed by atoms with Crippen molar-refractivity contribution >= 4 is 5.91 Å². The Kier molecular flexibility index (Phi) is 6.97. The third kappa shape index (κ3) is 5.46. The lowest BCUT2D eigenvalue weighted by Crippen LogP contribution is -2.55. The van der Waals surface area contributed by atoms with E-state index < -0.39 is 17.9 Å². The molecule has 1 aromatic rings. The van der Waals surface area contributed by atoms with Crippen LogP contribution in [0.2, 0.25) is 0 Å². The number of hydrogen-bond acceptors (Lipinski definition) is 4. The molecule has 1 aromatic carbocycles. The van der Waals surface area contributed by atoms with E-state index in [0.717, 1.165) is 32.4 Å². The lowest BCUT2D eigenvalue weighted by molar-refractivity contribution is -0.274. The molecule has 0 aromatic heterocycles. The number of amides is 1. The monoisotopic (exact) mass is 428 g/mol. The summed E-state index contributed by atoms with van der Waals surface area (Å²) in [4.78, 5) is 17.6. The summed E-state index contributed by atoms with van der Waals surface area (Å²) in [5, 5.41) is 11.4. The molecule has 0 spiro atoms. The van der Waals surface area contributed by atoms with Crippen LogP contribution in [-0.2, 0) is 4.79 Å². The van der Waals surface area contributed by atoms with E-state index in [9.17, 15) is 23.1 Å². The van der Waals surface area contributed by atoms with E-state index in [1.165, 1.54) is 18.2 Å². The van der Waals surface area contributed by atoms with E-state index in [-0.39, 0.29) is 11.7 Å². The number of nitrogens with zero attached hydrogens (tertiary/aromatic N) is 2. The molecule has 1 aliphatic carbocycles. The summed E-state index contributed by atoms with van der Waals surface area (Å²) >= 11 is 0. The van der Waals surface area contributed by atoms with Gasteiger partial charge in [0.1, 0.15) is 5.75 Å². The standard InChI is InChI=1S/C22H31F3N2O3/c1-16(2)26-11-13-27(14-12-26)20(28)19(21(29)9-4-3-5-10-21)17-7-6-8-18(15-17)30-22(23,24)25/h6-8,15-16,19,29H,3-5,9-14H2,1-2H3/t19-/m0/s1. The molecule has 1 amide bonds.